The second-order valence-corrected chi connectivity index (χ2v) is 11.9. The maximum Gasteiger partial charge on any atom is 0.303 e. The average molecular weight is 625 g/mol. The molecule has 0 heterocycles. The van der Waals surface area contributed by atoms with E-state index < -0.39 is 47.9 Å². The van der Waals surface area contributed by atoms with Crippen LogP contribution in [0.2, 0.25) is 5.02 Å². The third-order valence-electron chi connectivity index (χ3n) is 7.13. The van der Waals surface area contributed by atoms with Gasteiger partial charge in [0.15, 0.2) is 0 Å². The summed E-state index contributed by atoms with van der Waals surface area (Å²) in [6, 6.07) is 4.46. The smallest absolute Gasteiger partial charge is 0.303 e. The number of carbonyl (C=O) groups is 5. The number of benzene rings is 1. The first kappa shape index (κ1) is 37.8. The number of hydrogen-bond acceptors (Lipinski definition) is 6. The Balaban J connectivity index is 2.89. The van der Waals surface area contributed by atoms with Crippen molar-refractivity contribution in [1.29, 1.82) is 0 Å². The lowest BCUT2D eigenvalue weighted by atomic mass is 9.95. The van der Waals surface area contributed by atoms with E-state index in [2.05, 4.69) is 21.3 Å². The minimum Gasteiger partial charge on any atom is -0.481 e. The molecule has 6 N–H and O–H groups in total. The summed E-state index contributed by atoms with van der Waals surface area (Å²) in [5.74, 6) is -2.96. The van der Waals surface area contributed by atoms with Crippen molar-refractivity contribution >= 4 is 41.2 Å². The number of hydrogen-bond donors (Lipinski definition) is 6. The molecular formula is C31H49ClN4O7. The Morgan fingerprint density at radius 1 is 0.884 bits per heavy atom. The van der Waals surface area contributed by atoms with Gasteiger partial charge in [-0.05, 0) is 48.8 Å². The second kappa shape index (κ2) is 19.9. The lowest BCUT2D eigenvalue weighted by molar-refractivity contribution is -0.137. The minimum atomic E-state index is -1.16. The van der Waals surface area contributed by atoms with E-state index in [0.717, 1.165) is 5.56 Å². The fourth-order valence-electron chi connectivity index (χ4n) is 4.48. The maximum absolute atomic E-state index is 13.4. The molecular weight excluding hydrogens is 576 g/mol. The molecule has 0 aliphatic rings. The molecule has 0 aliphatic carbocycles. The topological polar surface area (TPSA) is 174 Å². The predicted octanol–water partition coefficient (Wildman–Crippen LogP) is 3.31. The van der Waals surface area contributed by atoms with Crippen molar-refractivity contribution in [1.82, 2.24) is 21.3 Å². The summed E-state index contributed by atoms with van der Waals surface area (Å²) in [7, 11) is 0. The first-order chi connectivity index (χ1) is 20.3. The Morgan fingerprint density at radius 3 is 2.09 bits per heavy atom. The number of nitrogens with one attached hydrogen (secondary N) is 4. The highest BCUT2D eigenvalue weighted by atomic mass is 35.5. The number of rotatable bonds is 20. The van der Waals surface area contributed by atoms with Gasteiger partial charge in [-0.2, -0.15) is 0 Å². The van der Waals surface area contributed by atoms with Crippen molar-refractivity contribution in [2.75, 3.05) is 0 Å². The van der Waals surface area contributed by atoms with Crippen LogP contribution < -0.4 is 21.3 Å². The number of aliphatic hydroxyl groups excluding tert-OH is 1. The molecule has 0 saturated carbocycles. The van der Waals surface area contributed by atoms with Crippen LogP contribution in [0.3, 0.4) is 0 Å². The molecule has 1 aromatic rings. The van der Waals surface area contributed by atoms with Crippen molar-refractivity contribution in [3.8, 4) is 0 Å². The monoisotopic (exact) mass is 624 g/mol. The summed E-state index contributed by atoms with van der Waals surface area (Å²) < 4.78 is 0. The average Bonchev–Trinajstić information content (AvgIpc) is 2.94. The van der Waals surface area contributed by atoms with Crippen molar-refractivity contribution < 1.29 is 34.2 Å². The van der Waals surface area contributed by atoms with Gasteiger partial charge in [-0.25, -0.2) is 0 Å². The number of aliphatic hydroxyl groups is 1. The number of aliphatic carboxylic acids is 1. The van der Waals surface area contributed by atoms with Gasteiger partial charge in [0.25, 0.3) is 0 Å². The van der Waals surface area contributed by atoms with Gasteiger partial charge in [-0.15, -0.1) is 0 Å². The van der Waals surface area contributed by atoms with Crippen LogP contribution in [0.4, 0.5) is 0 Å². The number of carboxylic acids is 1. The van der Waals surface area contributed by atoms with Gasteiger partial charge in [0.2, 0.25) is 23.6 Å². The molecule has 0 bridgehead atoms. The molecule has 5 atom stereocenters. The van der Waals surface area contributed by atoms with E-state index in [-0.39, 0.29) is 50.0 Å². The summed E-state index contributed by atoms with van der Waals surface area (Å²) in [5.41, 5.74) is 0.851. The van der Waals surface area contributed by atoms with Crippen molar-refractivity contribution in [3.05, 3.63) is 34.9 Å². The Labute approximate surface area is 259 Å². The number of carboxylic acid groups (broad SMARTS) is 1. The van der Waals surface area contributed by atoms with Gasteiger partial charge in [0, 0.05) is 24.4 Å². The van der Waals surface area contributed by atoms with E-state index >= 15 is 0 Å². The van der Waals surface area contributed by atoms with E-state index in [0.29, 0.717) is 30.7 Å². The predicted molar refractivity (Wildman–Crippen MR) is 165 cm³/mol. The SMILES string of the molecule is CCC[C@H](NC(=O)[C@@H](NC(=O)CCCC(=O)O)[C@@H](C)CC)C(=O)N[C@@H](CC(C)C)[C@@H](O)CC(=O)NCc1ccc(Cl)cc1. The Bertz CT molecular complexity index is 1050. The molecule has 4 amide bonds. The number of halogens is 1. The van der Waals surface area contributed by atoms with Gasteiger partial charge >= 0.3 is 5.97 Å². The van der Waals surface area contributed by atoms with Crippen LogP contribution in [0.1, 0.15) is 91.5 Å². The third kappa shape index (κ3) is 15.2. The highest BCUT2D eigenvalue weighted by Crippen LogP contribution is 2.14. The molecule has 0 unspecified atom stereocenters. The third-order valence-corrected chi connectivity index (χ3v) is 7.38. The Morgan fingerprint density at radius 2 is 1.53 bits per heavy atom. The number of amides is 4. The van der Waals surface area contributed by atoms with Crippen LogP contribution in [0.5, 0.6) is 0 Å². The molecule has 0 spiro atoms. The second-order valence-electron chi connectivity index (χ2n) is 11.4. The molecule has 1 rings (SSSR count). The Kier molecular flexibility index (Phi) is 17.5. The number of carbonyl (C=O) groups excluding carboxylic acids is 4. The van der Waals surface area contributed by atoms with Crippen molar-refractivity contribution in [2.24, 2.45) is 11.8 Å². The van der Waals surface area contributed by atoms with Crippen LogP contribution in [-0.4, -0.2) is 64.0 Å². The van der Waals surface area contributed by atoms with Gasteiger partial charge < -0.3 is 31.5 Å². The molecule has 242 valence electrons. The van der Waals surface area contributed by atoms with Crippen LogP contribution in [0.15, 0.2) is 24.3 Å². The highest BCUT2D eigenvalue weighted by Gasteiger charge is 2.32. The van der Waals surface area contributed by atoms with E-state index in [9.17, 15) is 29.1 Å². The molecule has 0 fully saturated rings. The summed E-state index contributed by atoms with van der Waals surface area (Å²) >= 11 is 5.90. The first-order valence-corrected chi connectivity index (χ1v) is 15.5. The molecule has 11 nitrogen and oxygen atoms in total. The largest absolute Gasteiger partial charge is 0.481 e. The van der Waals surface area contributed by atoms with Crippen LogP contribution in [0, 0.1) is 11.8 Å². The van der Waals surface area contributed by atoms with Crippen molar-refractivity contribution in [2.45, 2.75) is 117 Å². The molecule has 43 heavy (non-hydrogen) atoms. The molecule has 12 heteroatoms. The molecule has 0 aromatic heterocycles. The Hall–Kier alpha value is -3.18. The van der Waals surface area contributed by atoms with Gasteiger partial charge in [-0.1, -0.05) is 71.2 Å². The summed E-state index contributed by atoms with van der Waals surface area (Å²) in [5, 5.41) is 31.4. The highest BCUT2D eigenvalue weighted by molar-refractivity contribution is 6.30. The van der Waals surface area contributed by atoms with Crippen molar-refractivity contribution in [3.63, 3.8) is 0 Å². The zero-order chi connectivity index (χ0) is 32.5. The van der Waals surface area contributed by atoms with E-state index in [1.165, 1.54) is 0 Å². The molecule has 1 aromatic carbocycles. The van der Waals surface area contributed by atoms with Gasteiger partial charge in [-0.3, -0.25) is 24.0 Å². The first-order valence-electron chi connectivity index (χ1n) is 15.1. The van der Waals surface area contributed by atoms with Crippen LogP contribution >= 0.6 is 11.6 Å². The summed E-state index contributed by atoms with van der Waals surface area (Å²) in [4.78, 5) is 62.4. The van der Waals surface area contributed by atoms with Gasteiger partial charge in [0.1, 0.15) is 12.1 Å². The van der Waals surface area contributed by atoms with Gasteiger partial charge in [0.05, 0.1) is 18.6 Å². The standard InChI is InChI=1S/C31H49ClN4O7/c1-6-9-23(34-31(43)29(20(5)7-2)36-26(38)10-8-11-28(40)41)30(42)35-24(16-19(3)4)25(37)17-27(39)33-18-21-12-14-22(32)15-13-21/h12-15,19-20,23-25,29,37H,6-11,16-18H2,1-5H3,(H,33,39)(H,34,43)(H,35,42)(H,36,38)(H,40,41)/t20-,23-,24-,25-,29-/m0/s1. The summed E-state index contributed by atoms with van der Waals surface area (Å²) in [6.45, 7) is 9.70. The van der Waals surface area contributed by atoms with E-state index in [1.54, 1.807) is 24.3 Å². The van der Waals surface area contributed by atoms with Crippen LogP contribution in [0.25, 0.3) is 0 Å². The lowest BCUT2D eigenvalue weighted by Crippen LogP contribution is -2.57. The van der Waals surface area contributed by atoms with E-state index in [1.807, 2.05) is 34.6 Å². The normalized spacial score (nSPS) is 14.6. The van der Waals surface area contributed by atoms with Crippen LogP contribution in [-0.2, 0) is 30.5 Å². The minimum absolute atomic E-state index is 0.0343. The summed E-state index contributed by atoms with van der Waals surface area (Å²) in [6.07, 6.45) is 0.477. The zero-order valence-electron chi connectivity index (χ0n) is 26.0. The van der Waals surface area contributed by atoms with E-state index in [4.69, 9.17) is 16.7 Å². The molecule has 0 radical (unpaired) electrons. The zero-order valence-corrected chi connectivity index (χ0v) is 26.7. The molecule has 0 saturated heterocycles. The lowest BCUT2D eigenvalue weighted by Gasteiger charge is -2.29. The fourth-order valence-corrected chi connectivity index (χ4v) is 4.60. The maximum atomic E-state index is 13.4. The fraction of sp³-hybridized carbons (Fsp3) is 0.645. The quantitative estimate of drug-likeness (QED) is 0.129. The molecule has 0 aliphatic heterocycles.